The van der Waals surface area contributed by atoms with E-state index in [9.17, 15) is 5.11 Å². The molecule has 0 saturated heterocycles. The summed E-state index contributed by atoms with van der Waals surface area (Å²) in [5.74, 6) is 1.72. The van der Waals surface area contributed by atoms with E-state index >= 15 is 0 Å². The van der Waals surface area contributed by atoms with Crippen LogP contribution in [0, 0.1) is 11.8 Å². The van der Waals surface area contributed by atoms with E-state index in [4.69, 9.17) is 4.74 Å². The van der Waals surface area contributed by atoms with E-state index in [1.54, 1.807) is 7.11 Å². The highest BCUT2D eigenvalue weighted by Crippen LogP contribution is 2.46. The van der Waals surface area contributed by atoms with Crippen molar-refractivity contribution in [2.45, 2.75) is 44.1 Å². The number of hydrogen-bond acceptors (Lipinski definition) is 2. The van der Waals surface area contributed by atoms with Gasteiger partial charge in [-0.15, -0.1) is 0 Å². The van der Waals surface area contributed by atoms with Crippen LogP contribution in [0.25, 0.3) is 0 Å². The molecule has 2 aliphatic carbocycles. The smallest absolute Gasteiger partial charge is 0.0882 e. The molecule has 0 spiro atoms. The Kier molecular flexibility index (Phi) is 2.61. The van der Waals surface area contributed by atoms with E-state index in [-0.39, 0.29) is 0 Å². The number of hydrogen-bond donors (Lipinski definition) is 1. The fraction of sp³-hybridized carbons (Fsp3) is 1.00. The van der Waals surface area contributed by atoms with Crippen LogP contribution >= 0.6 is 0 Å². The standard InChI is InChI=1S/C11H20O2/c1-13-8-11(12)6-2-3-10(7-11)9-4-5-9/h9-10,12H,2-8H2,1H3. The Bertz CT molecular complexity index is 173. The number of rotatable bonds is 3. The summed E-state index contributed by atoms with van der Waals surface area (Å²) in [6.07, 6.45) is 7.22. The summed E-state index contributed by atoms with van der Waals surface area (Å²) >= 11 is 0. The Labute approximate surface area is 80.3 Å². The summed E-state index contributed by atoms with van der Waals surface area (Å²) in [6, 6.07) is 0. The SMILES string of the molecule is COCC1(O)CCCC(C2CC2)C1. The Morgan fingerprint density at radius 2 is 2.08 bits per heavy atom. The van der Waals surface area contributed by atoms with Crippen molar-refractivity contribution in [2.75, 3.05) is 13.7 Å². The fourth-order valence-corrected chi connectivity index (χ4v) is 2.76. The molecule has 0 amide bonds. The van der Waals surface area contributed by atoms with Crippen molar-refractivity contribution in [3.63, 3.8) is 0 Å². The predicted molar refractivity (Wildman–Crippen MR) is 51.5 cm³/mol. The highest BCUT2D eigenvalue weighted by Gasteiger charge is 2.40. The third kappa shape index (κ3) is 2.23. The molecule has 0 heterocycles. The fourth-order valence-electron chi connectivity index (χ4n) is 2.76. The minimum atomic E-state index is -0.500. The van der Waals surface area contributed by atoms with Gasteiger partial charge >= 0.3 is 0 Å². The lowest BCUT2D eigenvalue weighted by molar-refractivity contribution is -0.0718. The monoisotopic (exact) mass is 184 g/mol. The molecule has 0 aromatic heterocycles. The third-order valence-corrected chi connectivity index (χ3v) is 3.56. The van der Waals surface area contributed by atoms with Crippen LogP contribution in [0.1, 0.15) is 38.5 Å². The quantitative estimate of drug-likeness (QED) is 0.726. The number of methoxy groups -OCH3 is 1. The molecule has 0 radical (unpaired) electrons. The van der Waals surface area contributed by atoms with E-state index < -0.39 is 5.60 Å². The third-order valence-electron chi connectivity index (χ3n) is 3.56. The van der Waals surface area contributed by atoms with Gasteiger partial charge in [-0.25, -0.2) is 0 Å². The first-order valence-corrected chi connectivity index (χ1v) is 5.45. The van der Waals surface area contributed by atoms with Gasteiger partial charge in [0, 0.05) is 7.11 Å². The zero-order valence-corrected chi connectivity index (χ0v) is 8.46. The van der Waals surface area contributed by atoms with E-state index in [1.165, 1.54) is 25.7 Å². The van der Waals surface area contributed by atoms with Crippen molar-refractivity contribution in [1.82, 2.24) is 0 Å². The molecule has 1 N–H and O–H groups in total. The minimum Gasteiger partial charge on any atom is -0.387 e. The van der Waals surface area contributed by atoms with Crippen molar-refractivity contribution in [2.24, 2.45) is 11.8 Å². The molecule has 0 aromatic rings. The molecule has 2 rings (SSSR count). The summed E-state index contributed by atoms with van der Waals surface area (Å²) in [4.78, 5) is 0. The van der Waals surface area contributed by atoms with Crippen molar-refractivity contribution in [3.8, 4) is 0 Å². The first-order valence-electron chi connectivity index (χ1n) is 5.45. The Hall–Kier alpha value is -0.0800. The van der Waals surface area contributed by atoms with E-state index in [0.717, 1.165) is 24.7 Å². The van der Waals surface area contributed by atoms with Gasteiger partial charge in [-0.1, -0.05) is 6.42 Å². The Morgan fingerprint density at radius 1 is 1.31 bits per heavy atom. The van der Waals surface area contributed by atoms with Crippen LogP contribution in [-0.4, -0.2) is 24.4 Å². The summed E-state index contributed by atoms with van der Waals surface area (Å²) in [7, 11) is 1.68. The first-order chi connectivity index (χ1) is 6.23. The predicted octanol–water partition coefficient (Wildman–Crippen LogP) is 1.96. The van der Waals surface area contributed by atoms with E-state index in [0.29, 0.717) is 6.61 Å². The van der Waals surface area contributed by atoms with Gasteiger partial charge in [0.05, 0.1) is 12.2 Å². The lowest BCUT2D eigenvalue weighted by Gasteiger charge is -2.36. The molecule has 0 bridgehead atoms. The molecule has 2 saturated carbocycles. The molecule has 2 atom stereocenters. The number of ether oxygens (including phenoxy) is 1. The first kappa shape index (κ1) is 9.47. The molecule has 76 valence electrons. The van der Waals surface area contributed by atoms with Crippen LogP contribution < -0.4 is 0 Å². The highest BCUT2D eigenvalue weighted by atomic mass is 16.5. The topological polar surface area (TPSA) is 29.5 Å². The maximum absolute atomic E-state index is 10.2. The molecule has 2 aliphatic rings. The van der Waals surface area contributed by atoms with Gasteiger partial charge in [0.25, 0.3) is 0 Å². The molecule has 0 aromatic carbocycles. The van der Waals surface area contributed by atoms with Crippen LogP contribution in [0.15, 0.2) is 0 Å². The molecule has 2 fully saturated rings. The lowest BCUT2D eigenvalue weighted by atomic mass is 9.76. The van der Waals surface area contributed by atoms with Crippen molar-refractivity contribution in [3.05, 3.63) is 0 Å². The molecule has 13 heavy (non-hydrogen) atoms. The van der Waals surface area contributed by atoms with Gasteiger partial charge in [0.15, 0.2) is 0 Å². The Morgan fingerprint density at radius 3 is 2.69 bits per heavy atom. The largest absolute Gasteiger partial charge is 0.387 e. The molecule has 0 aliphatic heterocycles. The molecule has 2 nitrogen and oxygen atoms in total. The summed E-state index contributed by atoms with van der Waals surface area (Å²) < 4.78 is 5.08. The average molecular weight is 184 g/mol. The number of aliphatic hydroxyl groups is 1. The van der Waals surface area contributed by atoms with E-state index in [2.05, 4.69) is 0 Å². The highest BCUT2D eigenvalue weighted by molar-refractivity contribution is 4.92. The van der Waals surface area contributed by atoms with Crippen molar-refractivity contribution < 1.29 is 9.84 Å². The van der Waals surface area contributed by atoms with Crippen LogP contribution in [0.5, 0.6) is 0 Å². The molecule has 2 unspecified atom stereocenters. The van der Waals surface area contributed by atoms with Crippen molar-refractivity contribution in [1.29, 1.82) is 0 Å². The van der Waals surface area contributed by atoms with Crippen LogP contribution in [0.4, 0.5) is 0 Å². The zero-order chi connectivity index (χ0) is 9.31. The van der Waals surface area contributed by atoms with Crippen LogP contribution in [-0.2, 0) is 4.74 Å². The summed E-state index contributed by atoms with van der Waals surface area (Å²) in [5.41, 5.74) is -0.500. The average Bonchev–Trinajstić information content (AvgIpc) is 2.86. The molecular weight excluding hydrogens is 164 g/mol. The van der Waals surface area contributed by atoms with Crippen LogP contribution in [0.3, 0.4) is 0 Å². The van der Waals surface area contributed by atoms with Gasteiger partial charge in [-0.05, 0) is 43.9 Å². The summed E-state index contributed by atoms with van der Waals surface area (Å²) in [5, 5.41) is 10.2. The van der Waals surface area contributed by atoms with Gasteiger partial charge in [-0.3, -0.25) is 0 Å². The second-order valence-corrected chi connectivity index (χ2v) is 4.85. The normalized spacial score (nSPS) is 40.6. The maximum atomic E-state index is 10.2. The van der Waals surface area contributed by atoms with Gasteiger partial charge < -0.3 is 9.84 Å². The lowest BCUT2D eigenvalue weighted by Crippen LogP contribution is -2.39. The van der Waals surface area contributed by atoms with Crippen molar-refractivity contribution >= 4 is 0 Å². The van der Waals surface area contributed by atoms with Gasteiger partial charge in [0.2, 0.25) is 0 Å². The summed E-state index contributed by atoms with van der Waals surface area (Å²) in [6.45, 7) is 0.524. The van der Waals surface area contributed by atoms with Crippen LogP contribution in [0.2, 0.25) is 0 Å². The Balaban J connectivity index is 1.89. The molecular formula is C11H20O2. The zero-order valence-electron chi connectivity index (χ0n) is 8.46. The maximum Gasteiger partial charge on any atom is 0.0882 e. The second kappa shape index (κ2) is 3.58. The van der Waals surface area contributed by atoms with Gasteiger partial charge in [0.1, 0.15) is 0 Å². The van der Waals surface area contributed by atoms with Gasteiger partial charge in [-0.2, -0.15) is 0 Å². The second-order valence-electron chi connectivity index (χ2n) is 4.85. The van der Waals surface area contributed by atoms with E-state index in [1.807, 2.05) is 0 Å². The minimum absolute atomic E-state index is 0.500. The molecule has 2 heteroatoms.